The van der Waals surface area contributed by atoms with Gasteiger partial charge < -0.3 is 20.4 Å². The lowest BCUT2D eigenvalue weighted by atomic mass is 10.1. The second kappa shape index (κ2) is 10.4. The Bertz CT molecular complexity index is 1590. The number of carbonyl (C=O) groups excluding carboxylic acids is 1. The number of likely N-dealkylation sites (tertiary alicyclic amines) is 1. The molecule has 1 atom stereocenters. The van der Waals surface area contributed by atoms with Crippen molar-refractivity contribution < 1.29 is 9.18 Å². The predicted octanol–water partition coefficient (Wildman–Crippen LogP) is 3.32. The summed E-state index contributed by atoms with van der Waals surface area (Å²) in [4.78, 5) is 41.7. The largest absolute Gasteiger partial charge is 0.369 e. The molecule has 10 nitrogen and oxygen atoms in total. The zero-order valence-corrected chi connectivity index (χ0v) is 21.1. The van der Waals surface area contributed by atoms with Crippen LogP contribution in [0.5, 0.6) is 0 Å². The van der Waals surface area contributed by atoms with Gasteiger partial charge in [-0.1, -0.05) is 12.6 Å². The number of hydrogen-bond acceptors (Lipinski definition) is 8. The van der Waals surface area contributed by atoms with Crippen LogP contribution in [0.15, 0.2) is 72.4 Å². The van der Waals surface area contributed by atoms with Gasteiger partial charge in [0, 0.05) is 31.5 Å². The van der Waals surface area contributed by atoms with E-state index >= 15 is 0 Å². The number of halogens is 1. The Morgan fingerprint density at radius 3 is 2.82 bits per heavy atom. The zero-order valence-electron chi connectivity index (χ0n) is 21.1. The van der Waals surface area contributed by atoms with E-state index in [1.807, 2.05) is 19.2 Å². The normalized spacial score (nSPS) is 15.4. The van der Waals surface area contributed by atoms with E-state index in [9.17, 15) is 14.0 Å². The van der Waals surface area contributed by atoms with Gasteiger partial charge >= 0.3 is 0 Å². The maximum absolute atomic E-state index is 13.9. The van der Waals surface area contributed by atoms with Crippen LogP contribution >= 0.6 is 0 Å². The monoisotopic (exact) mass is 514 g/mol. The number of anilines is 4. The third-order valence-corrected chi connectivity index (χ3v) is 6.59. The first kappa shape index (κ1) is 25.0. The van der Waals surface area contributed by atoms with Gasteiger partial charge in [-0.25, -0.2) is 9.37 Å². The summed E-state index contributed by atoms with van der Waals surface area (Å²) in [6.45, 7) is 5.50. The number of carbonyl (C=O) groups is 1. The van der Waals surface area contributed by atoms with Gasteiger partial charge in [0.1, 0.15) is 17.5 Å². The molecule has 5 rings (SSSR count). The number of aromatic nitrogens is 4. The van der Waals surface area contributed by atoms with Crippen molar-refractivity contribution in [2.45, 2.75) is 12.5 Å². The van der Waals surface area contributed by atoms with E-state index in [1.165, 1.54) is 35.3 Å². The van der Waals surface area contributed by atoms with Crippen LogP contribution in [0.2, 0.25) is 0 Å². The third-order valence-electron chi connectivity index (χ3n) is 6.59. The molecule has 3 heterocycles. The van der Waals surface area contributed by atoms with Crippen LogP contribution in [0.25, 0.3) is 16.7 Å². The van der Waals surface area contributed by atoms with Gasteiger partial charge in [-0.05, 0) is 62.5 Å². The highest BCUT2D eigenvalue weighted by atomic mass is 19.1. The molecule has 194 valence electrons. The number of nitrogens with one attached hydrogen (secondary N) is 2. The zero-order chi connectivity index (χ0) is 26.8. The molecule has 1 aliphatic rings. The van der Waals surface area contributed by atoms with E-state index in [0.717, 1.165) is 25.2 Å². The number of nitrogens with zero attached hydrogens (tertiary/aromatic N) is 6. The molecule has 1 fully saturated rings. The second-order valence-corrected chi connectivity index (χ2v) is 9.20. The van der Waals surface area contributed by atoms with E-state index < -0.39 is 11.4 Å². The molecule has 1 aliphatic heterocycles. The number of fused-ring (bicyclic) bond motifs is 1. The van der Waals surface area contributed by atoms with Crippen LogP contribution in [-0.4, -0.2) is 63.6 Å². The number of rotatable bonds is 7. The van der Waals surface area contributed by atoms with Crippen molar-refractivity contribution >= 4 is 40.0 Å². The summed E-state index contributed by atoms with van der Waals surface area (Å²) < 4.78 is 15.4. The number of benzene rings is 2. The van der Waals surface area contributed by atoms with Gasteiger partial charge in [0.05, 0.1) is 17.1 Å². The molecule has 0 spiro atoms. The van der Waals surface area contributed by atoms with Gasteiger partial charge in [0.15, 0.2) is 5.65 Å². The molecule has 1 unspecified atom stereocenters. The summed E-state index contributed by atoms with van der Waals surface area (Å²) >= 11 is 0. The fourth-order valence-corrected chi connectivity index (χ4v) is 4.58. The Balaban J connectivity index is 1.51. The molecule has 1 saturated heterocycles. The topological polar surface area (TPSA) is 108 Å². The minimum atomic E-state index is -0.487. The molecular formula is C27H27FN8O2. The van der Waals surface area contributed by atoms with Crippen LogP contribution in [0, 0.1) is 5.82 Å². The predicted molar refractivity (Wildman–Crippen MR) is 146 cm³/mol. The Kier molecular flexibility index (Phi) is 6.84. The maximum Gasteiger partial charge on any atom is 0.283 e. The van der Waals surface area contributed by atoms with E-state index in [2.05, 4.69) is 49.0 Å². The highest BCUT2D eigenvalue weighted by Crippen LogP contribution is 2.32. The van der Waals surface area contributed by atoms with Crippen LogP contribution < -0.4 is 21.1 Å². The van der Waals surface area contributed by atoms with Crippen molar-refractivity contribution in [3.8, 4) is 5.69 Å². The van der Waals surface area contributed by atoms with Crippen LogP contribution in [0.3, 0.4) is 0 Å². The van der Waals surface area contributed by atoms with E-state index in [0.29, 0.717) is 23.1 Å². The standard InChI is InChI=1S/C27H27FN8O2/c1-4-24(37)32-22-13-18(8-9-23(22)35(3)20-10-11-34(2)15-20)31-27-29-14-21-25(33-27)36(16-30-26(21)38)19-7-5-6-17(28)12-19/h4-9,12-14,16,20H,1,10-11,15H2,2-3H3,(H,32,37)(H,29,31,33). The summed E-state index contributed by atoms with van der Waals surface area (Å²) in [6.07, 6.45) is 4.94. The smallest absolute Gasteiger partial charge is 0.283 e. The first-order valence-corrected chi connectivity index (χ1v) is 12.1. The Hall–Kier alpha value is -4.64. The lowest BCUT2D eigenvalue weighted by Gasteiger charge is -2.29. The summed E-state index contributed by atoms with van der Waals surface area (Å²) in [7, 11) is 4.11. The molecule has 38 heavy (non-hydrogen) atoms. The minimum absolute atomic E-state index is 0.194. The Labute approximate surface area is 218 Å². The Morgan fingerprint density at radius 1 is 1.24 bits per heavy atom. The van der Waals surface area contributed by atoms with Crippen molar-refractivity contribution in [2.75, 3.05) is 42.7 Å². The summed E-state index contributed by atoms with van der Waals surface area (Å²) in [5, 5.41) is 6.23. The van der Waals surface area contributed by atoms with Gasteiger partial charge in [0.2, 0.25) is 11.9 Å². The summed E-state index contributed by atoms with van der Waals surface area (Å²) in [5.74, 6) is -0.535. The molecular weight excluding hydrogens is 487 g/mol. The minimum Gasteiger partial charge on any atom is -0.369 e. The molecule has 11 heteroatoms. The lowest BCUT2D eigenvalue weighted by Crippen LogP contribution is -2.34. The average Bonchev–Trinajstić information content (AvgIpc) is 3.35. The van der Waals surface area contributed by atoms with Gasteiger partial charge in [-0.3, -0.25) is 14.2 Å². The average molecular weight is 515 g/mol. The lowest BCUT2D eigenvalue weighted by molar-refractivity contribution is -0.111. The first-order chi connectivity index (χ1) is 18.3. The SMILES string of the molecule is C=CC(=O)Nc1cc(Nc2ncc3c(=O)ncn(-c4cccc(F)c4)c3n2)ccc1N(C)C1CCN(C)C1. The summed E-state index contributed by atoms with van der Waals surface area (Å²) in [5.41, 5.74) is 2.35. The highest BCUT2D eigenvalue weighted by Gasteiger charge is 2.25. The van der Waals surface area contributed by atoms with Crippen molar-refractivity contribution in [2.24, 2.45) is 0 Å². The third kappa shape index (κ3) is 5.09. The second-order valence-electron chi connectivity index (χ2n) is 9.20. The van der Waals surface area contributed by atoms with Crippen LogP contribution in [0.1, 0.15) is 6.42 Å². The number of amides is 1. The quantitative estimate of drug-likeness (QED) is 0.362. The van der Waals surface area contributed by atoms with Gasteiger partial charge in [-0.2, -0.15) is 9.97 Å². The Morgan fingerprint density at radius 2 is 2.08 bits per heavy atom. The number of likely N-dealkylation sites (N-methyl/N-ethyl adjacent to an activating group) is 2. The van der Waals surface area contributed by atoms with Crippen molar-refractivity contribution in [1.82, 2.24) is 24.4 Å². The molecule has 2 aromatic heterocycles. The summed E-state index contributed by atoms with van der Waals surface area (Å²) in [6, 6.07) is 11.8. The van der Waals surface area contributed by atoms with E-state index in [-0.39, 0.29) is 22.9 Å². The van der Waals surface area contributed by atoms with E-state index in [1.54, 1.807) is 18.2 Å². The van der Waals surface area contributed by atoms with Crippen molar-refractivity contribution in [3.05, 3.63) is 83.8 Å². The maximum atomic E-state index is 13.9. The molecule has 0 bridgehead atoms. The van der Waals surface area contributed by atoms with Crippen LogP contribution in [0.4, 0.5) is 27.4 Å². The molecule has 2 aromatic carbocycles. The van der Waals surface area contributed by atoms with Crippen molar-refractivity contribution in [1.29, 1.82) is 0 Å². The van der Waals surface area contributed by atoms with Gasteiger partial charge in [0.25, 0.3) is 5.56 Å². The van der Waals surface area contributed by atoms with Gasteiger partial charge in [-0.15, -0.1) is 0 Å². The van der Waals surface area contributed by atoms with E-state index in [4.69, 9.17) is 0 Å². The fraction of sp³-hybridized carbons (Fsp3) is 0.222. The fourth-order valence-electron chi connectivity index (χ4n) is 4.58. The first-order valence-electron chi connectivity index (χ1n) is 12.1. The number of hydrogen-bond donors (Lipinski definition) is 2. The molecule has 1 amide bonds. The van der Waals surface area contributed by atoms with Crippen molar-refractivity contribution in [3.63, 3.8) is 0 Å². The molecule has 4 aromatic rings. The molecule has 0 radical (unpaired) electrons. The molecule has 0 aliphatic carbocycles. The molecule has 0 saturated carbocycles. The molecule has 2 N–H and O–H groups in total. The highest BCUT2D eigenvalue weighted by molar-refractivity contribution is 6.01. The van der Waals surface area contributed by atoms with Crippen LogP contribution in [-0.2, 0) is 4.79 Å².